The predicted octanol–water partition coefficient (Wildman–Crippen LogP) is 7.34. The summed E-state index contributed by atoms with van der Waals surface area (Å²) in [6.45, 7) is 7.60. The van der Waals surface area contributed by atoms with Gasteiger partial charge in [0.2, 0.25) is 0 Å². The Morgan fingerprint density at radius 1 is 0.441 bits per heavy atom. The largest absolute Gasteiger partial charge is 0.318 e. The number of hydrogen-bond donors (Lipinski definition) is 0. The van der Waals surface area contributed by atoms with Crippen molar-refractivity contribution in [2.45, 2.75) is 129 Å². The molecule has 0 bridgehead atoms. The molecule has 0 aromatic rings. The second-order valence-corrected chi connectivity index (χ2v) is 12.2. The van der Waals surface area contributed by atoms with Crippen LogP contribution in [0.5, 0.6) is 0 Å². The molecule has 0 spiro atoms. The first kappa shape index (κ1) is 33.3. The summed E-state index contributed by atoms with van der Waals surface area (Å²) in [6.07, 6.45) is 21.8. The van der Waals surface area contributed by atoms with Crippen molar-refractivity contribution in [1.29, 1.82) is 0 Å². The van der Waals surface area contributed by atoms with Gasteiger partial charge in [-0.15, -0.1) is 0 Å². The Morgan fingerprint density at radius 3 is 1.00 bits per heavy atom. The highest BCUT2D eigenvalue weighted by atomic mass is 16.1. The third kappa shape index (κ3) is 21.8. The topological polar surface area (TPSA) is 34.1 Å². The van der Waals surface area contributed by atoms with Gasteiger partial charge in [-0.1, -0.05) is 104 Å². The maximum Gasteiger partial charge on any atom is 0.186 e. The molecule has 0 N–H and O–H groups in total. The van der Waals surface area contributed by atoms with Crippen molar-refractivity contribution in [2.24, 2.45) is 0 Å². The van der Waals surface area contributed by atoms with Gasteiger partial charge in [-0.25, -0.2) is 0 Å². The third-order valence-corrected chi connectivity index (χ3v) is 7.14. The molecule has 0 saturated heterocycles. The number of rotatable bonds is 25. The third-order valence-electron chi connectivity index (χ3n) is 7.14. The zero-order chi connectivity index (χ0) is 25.7. The van der Waals surface area contributed by atoms with Crippen molar-refractivity contribution in [2.75, 3.05) is 54.4 Å². The molecule has 0 aromatic heterocycles. The van der Waals surface area contributed by atoms with E-state index in [1.165, 1.54) is 89.9 Å². The number of unbranched alkanes of at least 4 members (excludes halogenated alkanes) is 14. The summed E-state index contributed by atoms with van der Waals surface area (Å²) in [5, 5.41) is 0. The lowest BCUT2D eigenvalue weighted by Gasteiger charge is -2.35. The van der Waals surface area contributed by atoms with E-state index < -0.39 is 0 Å². The fourth-order valence-corrected chi connectivity index (χ4v) is 4.72. The average Bonchev–Trinajstić information content (AvgIpc) is 2.75. The fraction of sp³-hybridized carbons (Fsp3) is 0.933. The minimum absolute atomic E-state index is 0.395. The molecule has 0 aromatic carbocycles. The van der Waals surface area contributed by atoms with E-state index in [0.717, 1.165) is 47.7 Å². The van der Waals surface area contributed by atoms with Crippen molar-refractivity contribution in [3.63, 3.8) is 0 Å². The van der Waals surface area contributed by atoms with Crippen LogP contribution in [-0.2, 0) is 9.59 Å². The zero-order valence-electron chi connectivity index (χ0n) is 24.3. The molecule has 34 heavy (non-hydrogen) atoms. The van der Waals surface area contributed by atoms with Crippen molar-refractivity contribution < 1.29 is 18.6 Å². The minimum Gasteiger partial charge on any atom is -0.318 e. The fourth-order valence-electron chi connectivity index (χ4n) is 4.72. The Kier molecular flexibility index (Phi) is 20.0. The SMILES string of the molecule is CCCCCCCCCCC(=O)C[N+](C)(C)CC[N+](C)(C)CC(=O)CCCCCCCCCC. The summed E-state index contributed by atoms with van der Waals surface area (Å²) in [7, 11) is 8.64. The summed E-state index contributed by atoms with van der Waals surface area (Å²) < 4.78 is 1.45. The van der Waals surface area contributed by atoms with Crippen LogP contribution in [0.3, 0.4) is 0 Å². The molecule has 0 unspecified atom stereocenters. The number of nitrogens with zero attached hydrogens (tertiary/aromatic N) is 2. The van der Waals surface area contributed by atoms with Crippen molar-refractivity contribution in [1.82, 2.24) is 0 Å². The van der Waals surface area contributed by atoms with E-state index >= 15 is 0 Å². The summed E-state index contributed by atoms with van der Waals surface area (Å²) in [5.41, 5.74) is 0. The second-order valence-electron chi connectivity index (χ2n) is 12.2. The Morgan fingerprint density at radius 2 is 0.706 bits per heavy atom. The van der Waals surface area contributed by atoms with Gasteiger partial charge in [0.1, 0.15) is 26.2 Å². The van der Waals surface area contributed by atoms with E-state index in [1.54, 1.807) is 0 Å². The lowest BCUT2D eigenvalue weighted by atomic mass is 10.1. The van der Waals surface area contributed by atoms with Crippen LogP contribution >= 0.6 is 0 Å². The Bertz CT molecular complexity index is 468. The molecule has 0 rings (SSSR count). The van der Waals surface area contributed by atoms with Crippen LogP contribution < -0.4 is 0 Å². The van der Waals surface area contributed by atoms with Crippen molar-refractivity contribution in [3.8, 4) is 0 Å². The van der Waals surface area contributed by atoms with E-state index in [1.807, 2.05) is 0 Å². The molecule has 0 saturated carbocycles. The molecule has 4 nitrogen and oxygen atoms in total. The first-order valence-corrected chi connectivity index (χ1v) is 14.8. The molecule has 0 amide bonds. The van der Waals surface area contributed by atoms with Crippen molar-refractivity contribution in [3.05, 3.63) is 0 Å². The van der Waals surface area contributed by atoms with Gasteiger partial charge in [0.25, 0.3) is 0 Å². The molecule has 4 heteroatoms. The van der Waals surface area contributed by atoms with Crippen LogP contribution in [0.2, 0.25) is 0 Å². The number of hydrogen-bond acceptors (Lipinski definition) is 2. The van der Waals surface area contributed by atoms with Gasteiger partial charge in [-0.05, 0) is 12.8 Å². The predicted molar refractivity (Wildman–Crippen MR) is 148 cm³/mol. The summed E-state index contributed by atoms with van der Waals surface area (Å²) in [4.78, 5) is 25.0. The van der Waals surface area contributed by atoms with E-state index in [2.05, 4.69) is 42.0 Å². The highest BCUT2D eigenvalue weighted by Gasteiger charge is 2.26. The molecule has 0 atom stereocenters. The van der Waals surface area contributed by atoms with Gasteiger partial charge in [-0.2, -0.15) is 0 Å². The van der Waals surface area contributed by atoms with Crippen LogP contribution in [-0.4, -0.2) is 74.9 Å². The average molecular weight is 483 g/mol. The van der Waals surface area contributed by atoms with Crippen molar-refractivity contribution >= 4 is 11.6 Å². The molecule has 0 fully saturated rings. The molecule has 0 aliphatic heterocycles. The molecular weight excluding hydrogens is 420 g/mol. The molecule has 0 heterocycles. The molecule has 0 aliphatic rings. The Hall–Kier alpha value is -0.740. The van der Waals surface area contributed by atoms with Gasteiger partial charge in [0.05, 0.1) is 28.2 Å². The van der Waals surface area contributed by atoms with E-state index in [9.17, 15) is 9.59 Å². The molecule has 0 aliphatic carbocycles. The summed E-state index contributed by atoms with van der Waals surface area (Å²) >= 11 is 0. The number of Topliss-reactive ketones (excluding diaryl/α,β-unsaturated/α-hetero) is 2. The van der Waals surface area contributed by atoms with Crippen LogP contribution in [0.25, 0.3) is 0 Å². The molecular formula is C30H62N2O2+2. The highest BCUT2D eigenvalue weighted by Crippen LogP contribution is 2.12. The lowest BCUT2D eigenvalue weighted by Crippen LogP contribution is -2.53. The maximum absolute atomic E-state index is 12.5. The normalized spacial score (nSPS) is 12.3. The quantitative estimate of drug-likeness (QED) is 0.101. The van der Waals surface area contributed by atoms with Gasteiger partial charge < -0.3 is 8.97 Å². The number of carbonyl (C=O) groups excluding carboxylic acids is 2. The van der Waals surface area contributed by atoms with Gasteiger partial charge in [0.15, 0.2) is 11.6 Å². The lowest BCUT2D eigenvalue weighted by molar-refractivity contribution is -0.938. The Balaban J connectivity index is 3.96. The van der Waals surface area contributed by atoms with E-state index in [-0.39, 0.29) is 0 Å². The number of ketones is 2. The number of quaternary nitrogens is 2. The van der Waals surface area contributed by atoms with E-state index in [0.29, 0.717) is 24.7 Å². The van der Waals surface area contributed by atoms with E-state index in [4.69, 9.17) is 0 Å². The second kappa shape index (κ2) is 20.5. The molecule has 202 valence electrons. The van der Waals surface area contributed by atoms with Gasteiger partial charge >= 0.3 is 0 Å². The first-order valence-electron chi connectivity index (χ1n) is 14.8. The van der Waals surface area contributed by atoms with Crippen LogP contribution in [0, 0.1) is 0 Å². The highest BCUT2D eigenvalue weighted by molar-refractivity contribution is 5.79. The smallest absolute Gasteiger partial charge is 0.186 e. The Labute approximate surface area is 214 Å². The zero-order valence-corrected chi connectivity index (χ0v) is 24.3. The summed E-state index contributed by atoms with van der Waals surface area (Å²) in [6, 6.07) is 0. The monoisotopic (exact) mass is 482 g/mol. The van der Waals surface area contributed by atoms with Crippen LogP contribution in [0.15, 0.2) is 0 Å². The van der Waals surface area contributed by atoms with Gasteiger partial charge in [-0.3, -0.25) is 9.59 Å². The number of likely N-dealkylation sites (N-methyl/N-ethyl adjacent to an activating group) is 2. The van der Waals surface area contributed by atoms with Crippen LogP contribution in [0.4, 0.5) is 0 Å². The standard InChI is InChI=1S/C30H62N2O2/c1-7-9-11-13-15-17-19-21-23-29(33)27-31(3,4)25-26-32(5,6)28-30(34)24-22-20-18-16-14-12-10-8-2/h7-28H2,1-6H3/q+2. The minimum atomic E-state index is 0.395. The summed E-state index contributed by atoms with van der Waals surface area (Å²) in [5.74, 6) is 0.791. The number of carbonyl (C=O) groups is 2. The first-order chi connectivity index (χ1) is 16.1. The maximum atomic E-state index is 12.5. The van der Waals surface area contributed by atoms with Crippen LogP contribution in [0.1, 0.15) is 129 Å². The van der Waals surface area contributed by atoms with Gasteiger partial charge in [0, 0.05) is 12.8 Å². The molecule has 0 radical (unpaired) electrons.